The number of nitrogens with one attached hydrogen (secondary N) is 1. The van der Waals surface area contributed by atoms with Crippen LogP contribution in [0.1, 0.15) is 62.5 Å². The molecule has 0 aromatic heterocycles. The minimum atomic E-state index is -0.480. The first kappa shape index (κ1) is 23.9. The van der Waals surface area contributed by atoms with Crippen molar-refractivity contribution in [2.45, 2.75) is 56.9 Å². The van der Waals surface area contributed by atoms with Crippen molar-refractivity contribution in [3.05, 3.63) is 68.7 Å². The van der Waals surface area contributed by atoms with Crippen molar-refractivity contribution in [2.75, 3.05) is 19.6 Å². The molecule has 1 amide bonds. The minimum Gasteiger partial charge on any atom is -0.354 e. The lowest BCUT2D eigenvalue weighted by Crippen LogP contribution is -2.61. The number of benzene rings is 2. The van der Waals surface area contributed by atoms with E-state index in [1.165, 1.54) is 5.56 Å². The summed E-state index contributed by atoms with van der Waals surface area (Å²) in [6.07, 6.45) is 3.78. The van der Waals surface area contributed by atoms with Crippen LogP contribution in [0.3, 0.4) is 0 Å². The number of halogens is 3. The molecule has 4 atom stereocenters. The molecule has 0 bridgehead atoms. The first-order valence-corrected chi connectivity index (χ1v) is 12.8. The molecule has 2 aliphatic rings. The Hall–Kier alpha value is -1.26. The molecule has 1 saturated carbocycles. The number of carbonyl (C=O) groups excluding carboxylic acids is 1. The highest BCUT2D eigenvalue weighted by molar-refractivity contribution is 6.35. The first-order valence-electron chi connectivity index (χ1n) is 11.7. The van der Waals surface area contributed by atoms with Crippen LogP contribution in [0.4, 0.5) is 0 Å². The number of hydrogen-bond acceptors (Lipinski definition) is 2. The van der Waals surface area contributed by atoms with Gasteiger partial charge in [0.25, 0.3) is 0 Å². The van der Waals surface area contributed by atoms with Crippen molar-refractivity contribution in [3.8, 4) is 0 Å². The highest BCUT2D eigenvalue weighted by atomic mass is 35.5. The predicted molar refractivity (Wildman–Crippen MR) is 134 cm³/mol. The van der Waals surface area contributed by atoms with Crippen molar-refractivity contribution < 1.29 is 4.79 Å². The highest BCUT2D eigenvalue weighted by Crippen LogP contribution is 2.56. The van der Waals surface area contributed by atoms with Gasteiger partial charge in [-0.1, -0.05) is 66.8 Å². The van der Waals surface area contributed by atoms with Crippen LogP contribution < -0.4 is 5.32 Å². The fourth-order valence-electron chi connectivity index (χ4n) is 6.14. The summed E-state index contributed by atoms with van der Waals surface area (Å²) in [5.41, 5.74) is 1.84. The molecule has 1 heterocycles. The summed E-state index contributed by atoms with van der Waals surface area (Å²) >= 11 is 19.1. The molecule has 2 fully saturated rings. The Balaban J connectivity index is 1.84. The van der Waals surface area contributed by atoms with Crippen molar-refractivity contribution >= 4 is 40.7 Å². The lowest BCUT2D eigenvalue weighted by Gasteiger charge is -2.51. The molecular formula is C26H31Cl3N2O. The van der Waals surface area contributed by atoms with E-state index in [0.717, 1.165) is 49.4 Å². The van der Waals surface area contributed by atoms with E-state index in [2.05, 4.69) is 42.3 Å². The number of fused-ring (bicyclic) bond motifs is 1. The van der Waals surface area contributed by atoms with E-state index in [1.807, 2.05) is 24.3 Å². The fourth-order valence-corrected chi connectivity index (χ4v) is 6.81. The van der Waals surface area contributed by atoms with E-state index in [-0.39, 0.29) is 23.7 Å². The highest BCUT2D eigenvalue weighted by Gasteiger charge is 2.60. The molecule has 0 unspecified atom stereocenters. The molecule has 1 N–H and O–H groups in total. The molecule has 2 aromatic carbocycles. The van der Waals surface area contributed by atoms with Crippen LogP contribution in [-0.4, -0.2) is 36.0 Å². The molecule has 4 rings (SSSR count). The summed E-state index contributed by atoms with van der Waals surface area (Å²) in [4.78, 5) is 16.0. The molecule has 32 heavy (non-hydrogen) atoms. The van der Waals surface area contributed by atoms with E-state index in [0.29, 0.717) is 16.6 Å². The van der Waals surface area contributed by atoms with Crippen molar-refractivity contribution in [1.82, 2.24) is 10.2 Å². The van der Waals surface area contributed by atoms with Gasteiger partial charge >= 0.3 is 0 Å². The maximum absolute atomic E-state index is 13.5. The summed E-state index contributed by atoms with van der Waals surface area (Å²) < 4.78 is 0. The number of hydrogen-bond donors (Lipinski definition) is 1. The second-order valence-electron chi connectivity index (χ2n) is 9.12. The van der Waals surface area contributed by atoms with Crippen LogP contribution in [0, 0.1) is 5.92 Å². The zero-order valence-electron chi connectivity index (χ0n) is 18.7. The van der Waals surface area contributed by atoms with Crippen molar-refractivity contribution in [2.24, 2.45) is 5.92 Å². The lowest BCUT2D eigenvalue weighted by molar-refractivity contribution is -0.134. The molecule has 1 saturated heterocycles. The van der Waals surface area contributed by atoms with Crippen LogP contribution in [0.15, 0.2) is 42.5 Å². The summed E-state index contributed by atoms with van der Waals surface area (Å²) in [5, 5.41) is 5.30. The Morgan fingerprint density at radius 2 is 1.66 bits per heavy atom. The van der Waals surface area contributed by atoms with Gasteiger partial charge < -0.3 is 5.32 Å². The molecule has 0 spiro atoms. The third-order valence-electron chi connectivity index (χ3n) is 7.36. The Labute approximate surface area is 206 Å². The SMILES string of the molecule is CCCN(CCC)[C@@]12CC[C@@H](c3ccc(Cl)cc3Cl)[C@H](c3ccc(Cl)cc3)[C@@H]1CNC2=O. The molecule has 2 aromatic rings. The average molecular weight is 494 g/mol. The Bertz CT molecular complexity index is 958. The molecular weight excluding hydrogens is 463 g/mol. The van der Waals surface area contributed by atoms with Gasteiger partial charge in [-0.2, -0.15) is 0 Å². The van der Waals surface area contributed by atoms with Gasteiger partial charge in [0.2, 0.25) is 5.91 Å². The summed E-state index contributed by atoms with van der Waals surface area (Å²) in [5.74, 6) is 0.690. The largest absolute Gasteiger partial charge is 0.354 e. The molecule has 1 aliphatic carbocycles. The van der Waals surface area contributed by atoms with E-state index in [9.17, 15) is 4.79 Å². The van der Waals surface area contributed by atoms with Crippen molar-refractivity contribution in [1.29, 1.82) is 0 Å². The van der Waals surface area contributed by atoms with Crippen LogP contribution in [0.2, 0.25) is 15.1 Å². The fraction of sp³-hybridized carbons (Fsp3) is 0.500. The first-order chi connectivity index (χ1) is 15.4. The van der Waals surface area contributed by atoms with Gasteiger partial charge in [0.05, 0.1) is 0 Å². The standard InChI is InChI=1S/C26H31Cl3N2O/c1-3-13-31(14-4-2)26-12-11-21(20-10-9-19(28)15-23(20)29)24(22(26)16-30-25(26)32)17-5-7-18(27)8-6-17/h5-10,15,21-22,24H,3-4,11-14,16H2,1-2H3,(H,30,32)/t21-,22-,24-,26-/m0/s1. The Morgan fingerprint density at radius 1 is 1.00 bits per heavy atom. The quantitative estimate of drug-likeness (QED) is 0.454. The van der Waals surface area contributed by atoms with E-state index >= 15 is 0 Å². The summed E-state index contributed by atoms with van der Waals surface area (Å²) in [6, 6.07) is 14.0. The van der Waals surface area contributed by atoms with Crippen LogP contribution in [0.25, 0.3) is 0 Å². The normalized spacial score (nSPS) is 27.4. The predicted octanol–water partition coefficient (Wildman–Crippen LogP) is 6.91. The zero-order valence-corrected chi connectivity index (χ0v) is 21.0. The van der Waals surface area contributed by atoms with Crippen LogP contribution >= 0.6 is 34.8 Å². The Kier molecular flexibility index (Phi) is 7.41. The second-order valence-corrected chi connectivity index (χ2v) is 10.4. The molecule has 172 valence electrons. The summed E-state index contributed by atoms with van der Waals surface area (Å²) in [6.45, 7) is 6.92. The topological polar surface area (TPSA) is 32.3 Å². The van der Waals surface area contributed by atoms with Gasteiger partial charge in [-0.3, -0.25) is 9.69 Å². The van der Waals surface area contributed by atoms with E-state index < -0.39 is 5.54 Å². The minimum absolute atomic E-state index is 0.148. The molecule has 0 radical (unpaired) electrons. The number of nitrogens with zero attached hydrogens (tertiary/aromatic N) is 1. The van der Waals surface area contributed by atoms with Gasteiger partial charge in [-0.25, -0.2) is 0 Å². The molecule has 3 nitrogen and oxygen atoms in total. The number of carbonyl (C=O) groups is 1. The lowest BCUT2D eigenvalue weighted by atomic mass is 9.59. The smallest absolute Gasteiger partial charge is 0.240 e. The zero-order chi connectivity index (χ0) is 22.9. The monoisotopic (exact) mass is 492 g/mol. The molecule has 1 aliphatic heterocycles. The number of amides is 1. The van der Waals surface area contributed by atoms with E-state index in [1.54, 1.807) is 0 Å². The Morgan fingerprint density at radius 3 is 2.28 bits per heavy atom. The van der Waals surface area contributed by atoms with Gasteiger partial charge in [0.15, 0.2) is 0 Å². The third-order valence-corrected chi connectivity index (χ3v) is 8.18. The average Bonchev–Trinajstić information content (AvgIpc) is 3.11. The molecule has 6 heteroatoms. The van der Waals surface area contributed by atoms with Gasteiger partial charge in [0, 0.05) is 27.5 Å². The van der Waals surface area contributed by atoms with Gasteiger partial charge in [-0.15, -0.1) is 0 Å². The third kappa shape index (κ3) is 4.18. The van der Waals surface area contributed by atoms with E-state index in [4.69, 9.17) is 34.8 Å². The maximum Gasteiger partial charge on any atom is 0.240 e. The van der Waals surface area contributed by atoms with Crippen LogP contribution in [-0.2, 0) is 4.79 Å². The number of rotatable bonds is 7. The van der Waals surface area contributed by atoms with Crippen molar-refractivity contribution in [3.63, 3.8) is 0 Å². The maximum atomic E-state index is 13.5. The van der Waals surface area contributed by atoms with Crippen LogP contribution in [0.5, 0.6) is 0 Å². The second kappa shape index (κ2) is 9.93. The van der Waals surface area contributed by atoms with Gasteiger partial charge in [0.1, 0.15) is 5.54 Å². The van der Waals surface area contributed by atoms with Gasteiger partial charge in [-0.05, 0) is 86.0 Å². The summed E-state index contributed by atoms with van der Waals surface area (Å²) in [7, 11) is 0.